The van der Waals surface area contributed by atoms with Crippen LogP contribution in [0.4, 0.5) is 5.69 Å². The second-order valence-corrected chi connectivity index (χ2v) is 6.55. The summed E-state index contributed by atoms with van der Waals surface area (Å²) in [7, 11) is 0. The first-order valence-electron chi connectivity index (χ1n) is 8.95. The lowest BCUT2D eigenvalue weighted by molar-refractivity contribution is -0.130. The summed E-state index contributed by atoms with van der Waals surface area (Å²) in [6.45, 7) is 5.42. The molecule has 3 N–H and O–H groups in total. The van der Waals surface area contributed by atoms with Gasteiger partial charge in [-0.3, -0.25) is 9.59 Å². The first-order valence-corrected chi connectivity index (χ1v) is 8.95. The van der Waals surface area contributed by atoms with E-state index in [9.17, 15) is 9.59 Å². The van der Waals surface area contributed by atoms with Gasteiger partial charge in [0.1, 0.15) is 0 Å². The molecule has 5 nitrogen and oxygen atoms in total. The number of carbonyl (C=O) groups excluding carboxylic acids is 2. The monoisotopic (exact) mass is 331 g/mol. The molecule has 2 atom stereocenters. The van der Waals surface area contributed by atoms with Crippen LogP contribution in [0.2, 0.25) is 0 Å². The Morgan fingerprint density at radius 3 is 2.38 bits per heavy atom. The van der Waals surface area contributed by atoms with Crippen LogP contribution in [0, 0.1) is 5.92 Å². The average Bonchev–Trinajstić information content (AvgIpc) is 2.95. The van der Waals surface area contributed by atoms with Crippen LogP contribution in [-0.4, -0.2) is 35.8 Å². The van der Waals surface area contributed by atoms with Gasteiger partial charge in [0, 0.05) is 31.2 Å². The maximum absolute atomic E-state index is 12.1. The van der Waals surface area contributed by atoms with Crippen molar-refractivity contribution in [3.05, 3.63) is 29.8 Å². The number of hydrogen-bond acceptors (Lipinski definition) is 3. The molecular weight excluding hydrogens is 302 g/mol. The summed E-state index contributed by atoms with van der Waals surface area (Å²) in [5.41, 5.74) is 7.75. The van der Waals surface area contributed by atoms with Crippen LogP contribution in [0.15, 0.2) is 24.3 Å². The van der Waals surface area contributed by atoms with E-state index in [4.69, 9.17) is 5.73 Å². The summed E-state index contributed by atoms with van der Waals surface area (Å²) >= 11 is 0. The number of nitrogens with two attached hydrogens (primary N) is 1. The van der Waals surface area contributed by atoms with Crippen LogP contribution < -0.4 is 11.1 Å². The van der Waals surface area contributed by atoms with Gasteiger partial charge in [-0.15, -0.1) is 0 Å². The highest BCUT2D eigenvalue weighted by Gasteiger charge is 2.26. The molecule has 1 aliphatic rings. The summed E-state index contributed by atoms with van der Waals surface area (Å²) in [4.78, 5) is 26.0. The van der Waals surface area contributed by atoms with Crippen molar-refractivity contribution >= 4 is 17.5 Å². The highest BCUT2D eigenvalue weighted by Crippen LogP contribution is 2.27. The molecule has 0 saturated heterocycles. The minimum Gasteiger partial charge on any atom is -0.343 e. The highest BCUT2D eigenvalue weighted by atomic mass is 16.2. The molecule has 0 aliphatic heterocycles. The lowest BCUT2D eigenvalue weighted by Crippen LogP contribution is -2.31. The summed E-state index contributed by atoms with van der Waals surface area (Å²) in [6, 6.07) is 7.68. The number of nitrogens with zero attached hydrogens (tertiary/aromatic N) is 1. The van der Waals surface area contributed by atoms with Crippen LogP contribution in [0.3, 0.4) is 0 Å². The van der Waals surface area contributed by atoms with Crippen molar-refractivity contribution in [1.82, 2.24) is 4.90 Å². The topological polar surface area (TPSA) is 75.4 Å². The van der Waals surface area contributed by atoms with Crippen LogP contribution in [0.25, 0.3) is 0 Å². The van der Waals surface area contributed by atoms with Crippen LogP contribution in [0.1, 0.15) is 45.1 Å². The van der Waals surface area contributed by atoms with Crippen LogP contribution in [0.5, 0.6) is 0 Å². The molecule has 0 unspecified atom stereocenters. The molecule has 5 heteroatoms. The quantitative estimate of drug-likeness (QED) is 0.806. The Labute approximate surface area is 144 Å². The van der Waals surface area contributed by atoms with Crippen LogP contribution >= 0.6 is 0 Å². The van der Waals surface area contributed by atoms with E-state index >= 15 is 0 Å². The Kier molecular flexibility index (Phi) is 6.79. The minimum absolute atomic E-state index is 0.0179. The third-order valence-electron chi connectivity index (χ3n) is 4.87. The number of rotatable bonds is 7. The summed E-state index contributed by atoms with van der Waals surface area (Å²) in [5.74, 6) is 0.451. The molecule has 0 spiro atoms. The second-order valence-electron chi connectivity index (χ2n) is 6.55. The van der Waals surface area contributed by atoms with E-state index in [1.807, 2.05) is 43.0 Å². The van der Waals surface area contributed by atoms with Crippen molar-refractivity contribution in [2.45, 2.75) is 52.0 Å². The molecule has 24 heavy (non-hydrogen) atoms. The molecule has 1 saturated carbocycles. The number of carbonyl (C=O) groups is 2. The van der Waals surface area contributed by atoms with E-state index in [1.54, 1.807) is 0 Å². The van der Waals surface area contributed by atoms with E-state index < -0.39 is 0 Å². The van der Waals surface area contributed by atoms with Gasteiger partial charge in [-0.25, -0.2) is 0 Å². The molecule has 2 rings (SSSR count). The Hall–Kier alpha value is -1.88. The zero-order chi connectivity index (χ0) is 17.5. The lowest BCUT2D eigenvalue weighted by Gasteiger charge is -2.18. The average molecular weight is 331 g/mol. The van der Waals surface area contributed by atoms with Crippen molar-refractivity contribution in [3.63, 3.8) is 0 Å². The number of likely N-dealkylation sites (N-methyl/N-ethyl adjacent to an activating group) is 1. The zero-order valence-corrected chi connectivity index (χ0v) is 14.8. The molecule has 1 aromatic carbocycles. The highest BCUT2D eigenvalue weighted by molar-refractivity contribution is 5.91. The zero-order valence-electron chi connectivity index (χ0n) is 14.8. The normalized spacial score (nSPS) is 20.0. The molecule has 1 aliphatic carbocycles. The van der Waals surface area contributed by atoms with Crippen molar-refractivity contribution in [2.75, 3.05) is 18.4 Å². The number of hydrogen-bond donors (Lipinski definition) is 2. The van der Waals surface area contributed by atoms with Gasteiger partial charge in [0.2, 0.25) is 11.8 Å². The van der Waals surface area contributed by atoms with E-state index in [0.717, 1.165) is 43.6 Å². The Bertz CT molecular complexity index is 552. The molecular formula is C19H29N3O2. The van der Waals surface area contributed by atoms with Gasteiger partial charge >= 0.3 is 0 Å². The van der Waals surface area contributed by atoms with Gasteiger partial charge in [-0.05, 0) is 50.3 Å². The number of benzene rings is 1. The SMILES string of the molecule is CCN(CC)C(=O)Cc1ccc(NC(=O)C[C@@H]2CCC[C@H]2N)cc1. The van der Waals surface area contributed by atoms with Gasteiger partial charge < -0.3 is 16.0 Å². The number of amides is 2. The smallest absolute Gasteiger partial charge is 0.226 e. The molecule has 0 bridgehead atoms. The Balaban J connectivity index is 1.85. The standard InChI is InChI=1S/C19H29N3O2/c1-3-22(4-2)19(24)12-14-8-10-16(11-9-14)21-18(23)13-15-6-5-7-17(15)20/h8-11,15,17H,3-7,12-13,20H2,1-2H3,(H,21,23)/t15-,17+/m0/s1. The molecule has 1 fully saturated rings. The predicted octanol–water partition coefficient (Wildman–Crippen LogP) is 2.55. The summed E-state index contributed by atoms with van der Waals surface area (Å²) in [5, 5.41) is 2.93. The van der Waals surface area contributed by atoms with Crippen LogP contribution in [-0.2, 0) is 16.0 Å². The van der Waals surface area contributed by atoms with E-state index in [2.05, 4.69) is 5.32 Å². The molecule has 2 amide bonds. The fourth-order valence-corrected chi connectivity index (χ4v) is 3.34. The maximum atomic E-state index is 12.1. The lowest BCUT2D eigenvalue weighted by atomic mass is 10.00. The molecule has 0 aromatic heterocycles. The Morgan fingerprint density at radius 1 is 1.17 bits per heavy atom. The molecule has 0 radical (unpaired) electrons. The minimum atomic E-state index is 0.0179. The van der Waals surface area contributed by atoms with Gasteiger partial charge in [-0.1, -0.05) is 18.6 Å². The first-order chi connectivity index (χ1) is 11.5. The van der Waals surface area contributed by atoms with E-state index in [-0.39, 0.29) is 17.9 Å². The number of nitrogens with one attached hydrogen (secondary N) is 1. The van der Waals surface area contributed by atoms with E-state index in [0.29, 0.717) is 18.8 Å². The predicted molar refractivity (Wildman–Crippen MR) is 96.6 cm³/mol. The third-order valence-corrected chi connectivity index (χ3v) is 4.87. The first kappa shape index (κ1) is 18.5. The van der Waals surface area contributed by atoms with Gasteiger partial charge in [0.05, 0.1) is 6.42 Å². The van der Waals surface area contributed by atoms with Gasteiger partial charge in [0.15, 0.2) is 0 Å². The van der Waals surface area contributed by atoms with Gasteiger partial charge in [0.25, 0.3) is 0 Å². The second kappa shape index (κ2) is 8.83. The molecule has 1 aromatic rings. The van der Waals surface area contributed by atoms with Gasteiger partial charge in [-0.2, -0.15) is 0 Å². The van der Waals surface area contributed by atoms with E-state index in [1.165, 1.54) is 0 Å². The largest absolute Gasteiger partial charge is 0.343 e. The van der Waals surface area contributed by atoms with Crippen molar-refractivity contribution in [1.29, 1.82) is 0 Å². The van der Waals surface area contributed by atoms with Crippen molar-refractivity contribution in [3.8, 4) is 0 Å². The van der Waals surface area contributed by atoms with Crippen molar-refractivity contribution in [2.24, 2.45) is 11.7 Å². The molecule has 0 heterocycles. The molecule has 132 valence electrons. The third kappa shape index (κ3) is 5.06. The summed E-state index contributed by atoms with van der Waals surface area (Å²) in [6.07, 6.45) is 4.07. The fourth-order valence-electron chi connectivity index (χ4n) is 3.34. The maximum Gasteiger partial charge on any atom is 0.226 e. The fraction of sp³-hybridized carbons (Fsp3) is 0.579. The summed E-state index contributed by atoms with van der Waals surface area (Å²) < 4.78 is 0. The van der Waals surface area contributed by atoms with Crippen molar-refractivity contribution < 1.29 is 9.59 Å². The number of anilines is 1. The Morgan fingerprint density at radius 2 is 1.83 bits per heavy atom.